The van der Waals surface area contributed by atoms with Gasteiger partial charge in [0.15, 0.2) is 5.13 Å². The van der Waals surface area contributed by atoms with E-state index < -0.39 is 15.9 Å². The Morgan fingerprint density at radius 3 is 2.71 bits per heavy atom. The average Bonchev–Trinajstić information content (AvgIpc) is 3.12. The molecule has 0 unspecified atom stereocenters. The van der Waals surface area contributed by atoms with Gasteiger partial charge in [0.2, 0.25) is 15.9 Å². The molecule has 8 nitrogen and oxygen atoms in total. The van der Waals surface area contributed by atoms with Crippen molar-refractivity contribution in [2.45, 2.75) is 4.90 Å². The van der Waals surface area contributed by atoms with Gasteiger partial charge >= 0.3 is 0 Å². The summed E-state index contributed by atoms with van der Waals surface area (Å²) in [6.45, 7) is 0. The Labute approximate surface area is 171 Å². The zero-order valence-corrected chi connectivity index (χ0v) is 17.1. The van der Waals surface area contributed by atoms with Crippen LogP contribution in [0.4, 0.5) is 10.8 Å². The van der Waals surface area contributed by atoms with E-state index in [1.54, 1.807) is 24.3 Å². The summed E-state index contributed by atoms with van der Waals surface area (Å²) in [6, 6.07) is 11.1. The minimum Gasteiger partial charge on any atom is -0.492 e. The predicted octanol–water partition coefficient (Wildman–Crippen LogP) is 1.36. The van der Waals surface area contributed by atoms with Crippen molar-refractivity contribution in [1.82, 2.24) is 4.98 Å². The van der Waals surface area contributed by atoms with Gasteiger partial charge in [-0.1, -0.05) is 33.3 Å². The van der Waals surface area contributed by atoms with Crippen LogP contribution in [0.15, 0.2) is 56.8 Å². The molecule has 4 N–H and O–H groups in total. The molecule has 2 heterocycles. The fraction of sp³-hybridized carbons (Fsp3) is 0. The van der Waals surface area contributed by atoms with Crippen molar-refractivity contribution in [2.75, 3.05) is 5.32 Å². The number of nitrogens with zero attached hydrogens (tertiary/aromatic N) is 2. The Kier molecular flexibility index (Phi) is 4.54. The lowest BCUT2D eigenvalue weighted by Gasteiger charge is -2.04. The summed E-state index contributed by atoms with van der Waals surface area (Å²) in [7, 11) is -3.85. The van der Waals surface area contributed by atoms with Crippen molar-refractivity contribution in [2.24, 2.45) is 10.1 Å². The van der Waals surface area contributed by atoms with Crippen molar-refractivity contribution in [1.29, 1.82) is 0 Å². The Balaban J connectivity index is 1.76. The third kappa shape index (κ3) is 3.44. The largest absolute Gasteiger partial charge is 0.492 e. The van der Waals surface area contributed by atoms with Gasteiger partial charge in [-0.2, -0.15) is 4.98 Å². The number of thiazole rings is 1. The molecular formula is C17H11BrN4O4S2. The fourth-order valence-corrected chi connectivity index (χ4v) is 4.56. The van der Waals surface area contributed by atoms with E-state index in [2.05, 4.69) is 31.2 Å². The molecule has 0 saturated heterocycles. The van der Waals surface area contributed by atoms with E-state index in [-0.39, 0.29) is 26.4 Å². The van der Waals surface area contributed by atoms with E-state index in [0.29, 0.717) is 16.3 Å². The summed E-state index contributed by atoms with van der Waals surface area (Å²) < 4.78 is 23.8. The van der Waals surface area contributed by atoms with Gasteiger partial charge in [0.25, 0.3) is 5.91 Å². The van der Waals surface area contributed by atoms with Crippen molar-refractivity contribution in [3.63, 3.8) is 0 Å². The van der Waals surface area contributed by atoms with Gasteiger partial charge in [0.1, 0.15) is 4.88 Å². The molecule has 0 radical (unpaired) electrons. The molecule has 0 bridgehead atoms. The summed E-state index contributed by atoms with van der Waals surface area (Å²) in [5.41, 5.74) is 0.681. The van der Waals surface area contributed by atoms with Crippen LogP contribution < -0.4 is 21.0 Å². The molecule has 3 aromatic rings. The molecule has 1 amide bonds. The topological polar surface area (TPSA) is 135 Å². The Morgan fingerprint density at radius 1 is 1.18 bits per heavy atom. The van der Waals surface area contributed by atoms with Crippen molar-refractivity contribution in [3.8, 4) is 5.88 Å². The maximum absolute atomic E-state index is 12.4. The number of fused-ring (bicyclic) bond motifs is 1. The standard InChI is InChI=1S/C17H11BrN4O4S2/c18-8-4-5-12-11(6-8)13(15(23)21-12)14-16(24)22-17(27-14)20-9-2-1-3-10(7-9)28(19,25)26/h1-7,24H,(H,20,22)(H2,19,25,26). The van der Waals surface area contributed by atoms with Crippen LogP contribution in [0, 0.1) is 0 Å². The fourth-order valence-electron chi connectivity index (χ4n) is 2.71. The van der Waals surface area contributed by atoms with Crippen LogP contribution in [0.25, 0.3) is 5.57 Å². The van der Waals surface area contributed by atoms with E-state index in [9.17, 15) is 18.3 Å². The summed E-state index contributed by atoms with van der Waals surface area (Å²) in [4.78, 5) is 20.6. The molecule has 0 aliphatic carbocycles. The molecule has 0 atom stereocenters. The van der Waals surface area contributed by atoms with Crippen LogP contribution in [0.1, 0.15) is 4.88 Å². The number of benzene rings is 2. The maximum atomic E-state index is 12.4. The third-order valence-corrected chi connectivity index (χ3v) is 6.30. The SMILES string of the molecule is NS(=O)(=O)c1cccc(Nc2nc(O)c(C3=c4cc(Br)ccc4=NC3=O)s2)c1. The molecule has 142 valence electrons. The van der Waals surface area contributed by atoms with E-state index in [4.69, 9.17) is 5.14 Å². The van der Waals surface area contributed by atoms with Crippen LogP contribution in [0.2, 0.25) is 0 Å². The average molecular weight is 479 g/mol. The highest BCUT2D eigenvalue weighted by Gasteiger charge is 2.25. The molecule has 1 aliphatic rings. The number of amides is 1. The molecule has 28 heavy (non-hydrogen) atoms. The Bertz CT molecular complexity index is 1370. The smallest absolute Gasteiger partial charge is 0.279 e. The molecule has 4 rings (SSSR count). The normalized spacial score (nSPS) is 13.4. The van der Waals surface area contributed by atoms with Crippen LogP contribution in [-0.2, 0) is 14.8 Å². The number of aromatic hydroxyl groups is 1. The highest BCUT2D eigenvalue weighted by atomic mass is 79.9. The van der Waals surface area contributed by atoms with Crippen molar-refractivity contribution < 1.29 is 18.3 Å². The van der Waals surface area contributed by atoms with Gasteiger partial charge in [-0.25, -0.2) is 18.5 Å². The summed E-state index contributed by atoms with van der Waals surface area (Å²) in [6.07, 6.45) is 0. The molecule has 0 saturated carbocycles. The van der Waals surface area contributed by atoms with E-state index in [1.807, 2.05) is 0 Å². The number of hydrogen-bond donors (Lipinski definition) is 3. The number of carbonyl (C=O) groups excluding carboxylic acids is 1. The molecule has 1 aromatic heterocycles. The highest BCUT2D eigenvalue weighted by molar-refractivity contribution is 9.10. The summed E-state index contributed by atoms with van der Waals surface area (Å²) >= 11 is 4.41. The lowest BCUT2D eigenvalue weighted by Crippen LogP contribution is -2.22. The second-order valence-electron chi connectivity index (χ2n) is 5.82. The van der Waals surface area contributed by atoms with Gasteiger partial charge < -0.3 is 10.4 Å². The van der Waals surface area contributed by atoms with Gasteiger partial charge in [0, 0.05) is 15.4 Å². The Morgan fingerprint density at radius 2 is 1.96 bits per heavy atom. The molecule has 1 aliphatic heterocycles. The molecule has 0 fully saturated rings. The minimum absolute atomic E-state index is 0.0589. The Hall–Kier alpha value is -2.60. The first-order chi connectivity index (χ1) is 13.2. The molecule has 11 heteroatoms. The molecule has 2 aromatic carbocycles. The highest BCUT2D eigenvalue weighted by Crippen LogP contribution is 2.35. The van der Waals surface area contributed by atoms with Crippen LogP contribution >= 0.6 is 27.3 Å². The number of halogens is 1. The summed E-state index contributed by atoms with van der Waals surface area (Å²) in [5, 5.41) is 19.7. The molecular weight excluding hydrogens is 468 g/mol. The lowest BCUT2D eigenvalue weighted by molar-refractivity contribution is -0.112. The maximum Gasteiger partial charge on any atom is 0.279 e. The summed E-state index contributed by atoms with van der Waals surface area (Å²) in [5.74, 6) is -0.781. The number of aromatic nitrogens is 1. The van der Waals surface area contributed by atoms with E-state index in [0.717, 1.165) is 15.8 Å². The van der Waals surface area contributed by atoms with Crippen molar-refractivity contribution in [3.05, 3.63) is 62.4 Å². The van der Waals surface area contributed by atoms with Crippen LogP contribution in [-0.4, -0.2) is 24.4 Å². The monoisotopic (exact) mass is 478 g/mol. The van der Waals surface area contributed by atoms with Crippen LogP contribution in [0.3, 0.4) is 0 Å². The zero-order valence-electron chi connectivity index (χ0n) is 13.9. The number of carbonyl (C=O) groups is 1. The van der Waals surface area contributed by atoms with E-state index in [1.165, 1.54) is 18.2 Å². The minimum atomic E-state index is -3.85. The second kappa shape index (κ2) is 6.78. The number of sulfonamides is 1. The quantitative estimate of drug-likeness (QED) is 0.517. The lowest BCUT2D eigenvalue weighted by atomic mass is 10.1. The van der Waals surface area contributed by atoms with E-state index >= 15 is 0 Å². The van der Waals surface area contributed by atoms with Gasteiger partial charge in [-0.05, 0) is 36.4 Å². The number of nitrogens with one attached hydrogen (secondary N) is 1. The predicted molar refractivity (Wildman–Crippen MR) is 107 cm³/mol. The van der Waals surface area contributed by atoms with Crippen LogP contribution in [0.5, 0.6) is 5.88 Å². The third-order valence-electron chi connectivity index (χ3n) is 3.91. The first-order valence-electron chi connectivity index (χ1n) is 7.75. The number of rotatable bonds is 4. The number of anilines is 2. The number of hydrogen-bond acceptors (Lipinski definition) is 7. The number of nitrogens with two attached hydrogens (primary N) is 1. The first-order valence-corrected chi connectivity index (χ1v) is 10.9. The zero-order chi connectivity index (χ0) is 20.1. The van der Waals surface area contributed by atoms with Gasteiger partial charge in [-0.3, -0.25) is 4.79 Å². The second-order valence-corrected chi connectivity index (χ2v) is 9.30. The number of primary sulfonamides is 1. The van der Waals surface area contributed by atoms with Crippen molar-refractivity contribution >= 4 is 59.6 Å². The molecule has 0 spiro atoms. The van der Waals surface area contributed by atoms with Gasteiger partial charge in [0.05, 0.1) is 15.8 Å². The van der Waals surface area contributed by atoms with Gasteiger partial charge in [-0.15, -0.1) is 0 Å². The first kappa shape index (κ1) is 18.7.